The molecule has 11 atom stereocenters. The monoisotopic (exact) mass is 876 g/mol. The molecule has 62 heavy (non-hydrogen) atoms. The molecule has 0 aromatic heterocycles. The smallest absolute Gasteiger partial charge is 0.261 e. The number of rotatable bonds is 13. The zero-order chi connectivity index (χ0) is 42.6. The van der Waals surface area contributed by atoms with E-state index in [1.165, 1.54) is 10.4 Å². The van der Waals surface area contributed by atoms with Gasteiger partial charge in [-0.1, -0.05) is 161 Å². The van der Waals surface area contributed by atoms with Crippen LogP contribution in [0.3, 0.4) is 0 Å². The standard InChI is InChI=1S/C52H64O8SSi/c1-5-61-52-34-46-43(57-48(52)30-18-29-42-47(60-52)36-54-50(59-42)38-22-12-7-13-23-38)33-45-49(58-46)44(53-35-37-20-10-6-11-21-37)32-39(56-45)24-19-31-55-62(51(2,3)4,40-25-14-8-15-26-40)41-27-16-9-17-28-41/h6-18,20-23,25-28,30,39,42-50H,5,19,24,29,31-36H2,1-4H3/b30-18-/t39-,42+,43+,44+,45-,46-,47-,48?,49+,50-,52-/m1/s1. The highest BCUT2D eigenvalue weighted by Crippen LogP contribution is 2.50. The van der Waals surface area contributed by atoms with Crippen molar-refractivity contribution in [3.8, 4) is 0 Å². The van der Waals surface area contributed by atoms with E-state index in [2.05, 4.69) is 137 Å². The summed E-state index contributed by atoms with van der Waals surface area (Å²) in [4.78, 5) is -0.654. The summed E-state index contributed by atoms with van der Waals surface area (Å²) in [5, 5.41) is 2.52. The predicted molar refractivity (Wildman–Crippen MR) is 247 cm³/mol. The van der Waals surface area contributed by atoms with Crippen LogP contribution in [0.1, 0.15) is 83.6 Å². The molecule has 0 N–H and O–H groups in total. The van der Waals surface area contributed by atoms with Crippen molar-refractivity contribution in [3.63, 3.8) is 0 Å². The first-order valence-electron chi connectivity index (χ1n) is 22.9. The predicted octanol–water partition coefficient (Wildman–Crippen LogP) is 9.31. The SMILES string of the molecule is CCS[C@]12C[C@H]3O[C@H]4[C@@H](OCc5ccccc5)C[C@@H](CCCO[Si](c5ccccc5)(c5ccccc5)C(C)(C)C)O[C@@H]4C[C@@H]3OC1/C=C\C[C@@H]1O[C@H](c3ccccc3)OC[C@H]1O2. The van der Waals surface area contributed by atoms with E-state index in [1.54, 1.807) is 11.8 Å². The van der Waals surface area contributed by atoms with E-state index in [1.807, 2.05) is 24.3 Å². The first kappa shape index (κ1) is 44.1. The van der Waals surface area contributed by atoms with Crippen LogP contribution in [-0.2, 0) is 44.2 Å². The van der Waals surface area contributed by atoms with Crippen molar-refractivity contribution < 1.29 is 37.6 Å². The van der Waals surface area contributed by atoms with Crippen LogP contribution in [0.4, 0.5) is 0 Å². The van der Waals surface area contributed by atoms with Crippen LogP contribution in [-0.4, -0.2) is 87.2 Å². The third kappa shape index (κ3) is 9.34. The van der Waals surface area contributed by atoms with E-state index >= 15 is 0 Å². The van der Waals surface area contributed by atoms with Crippen LogP contribution in [0.25, 0.3) is 0 Å². The number of hydrogen-bond acceptors (Lipinski definition) is 9. The molecule has 4 fully saturated rings. The summed E-state index contributed by atoms with van der Waals surface area (Å²) in [5.41, 5.74) is 2.17. The second-order valence-electron chi connectivity index (χ2n) is 18.5. The highest BCUT2D eigenvalue weighted by atomic mass is 32.2. The summed E-state index contributed by atoms with van der Waals surface area (Å²) in [7, 11) is -2.64. The second-order valence-corrected chi connectivity index (χ2v) is 24.4. The van der Waals surface area contributed by atoms with Crippen LogP contribution >= 0.6 is 11.8 Å². The Kier molecular flexibility index (Phi) is 13.9. The highest BCUT2D eigenvalue weighted by molar-refractivity contribution is 8.00. The van der Waals surface area contributed by atoms with Gasteiger partial charge in [0.2, 0.25) is 0 Å². The Morgan fingerprint density at radius 2 is 1.40 bits per heavy atom. The van der Waals surface area contributed by atoms with Gasteiger partial charge in [-0.05, 0) is 46.0 Å². The molecule has 4 aromatic rings. The molecule has 330 valence electrons. The lowest BCUT2D eigenvalue weighted by molar-refractivity contribution is -0.317. The molecule has 9 rings (SSSR count). The van der Waals surface area contributed by atoms with Gasteiger partial charge in [0.15, 0.2) is 6.29 Å². The van der Waals surface area contributed by atoms with Crippen molar-refractivity contribution >= 4 is 30.5 Å². The molecule has 4 saturated heterocycles. The Labute approximate surface area is 374 Å². The molecule has 0 amide bonds. The lowest BCUT2D eigenvalue weighted by atomic mass is 9.84. The fourth-order valence-corrected chi connectivity index (χ4v) is 16.3. The van der Waals surface area contributed by atoms with Gasteiger partial charge in [-0.2, -0.15) is 0 Å². The fourth-order valence-electron chi connectivity index (χ4n) is 10.5. The molecule has 0 spiro atoms. The van der Waals surface area contributed by atoms with E-state index in [4.69, 9.17) is 37.6 Å². The molecule has 10 heteroatoms. The van der Waals surface area contributed by atoms with Crippen molar-refractivity contribution in [2.45, 2.75) is 144 Å². The first-order valence-corrected chi connectivity index (χ1v) is 25.8. The third-order valence-electron chi connectivity index (χ3n) is 13.4. The van der Waals surface area contributed by atoms with Gasteiger partial charge in [0.1, 0.15) is 23.2 Å². The minimum atomic E-state index is -2.64. The Balaban J connectivity index is 0.909. The normalized spacial score (nSPS) is 32.8. The quantitative estimate of drug-likeness (QED) is 0.0743. The summed E-state index contributed by atoms with van der Waals surface area (Å²) in [5.74, 6) is 0.871. The molecule has 4 aromatic carbocycles. The van der Waals surface area contributed by atoms with Crippen LogP contribution in [0.5, 0.6) is 0 Å². The third-order valence-corrected chi connectivity index (χ3v) is 19.7. The van der Waals surface area contributed by atoms with E-state index in [0.29, 0.717) is 26.2 Å². The van der Waals surface area contributed by atoms with Crippen molar-refractivity contribution in [2.24, 2.45) is 0 Å². The van der Waals surface area contributed by atoms with Gasteiger partial charge in [-0.25, -0.2) is 0 Å². The molecule has 0 bridgehead atoms. The average Bonchev–Trinajstić information content (AvgIpc) is 3.28. The van der Waals surface area contributed by atoms with Crippen molar-refractivity contribution in [1.29, 1.82) is 0 Å². The first-order chi connectivity index (χ1) is 30.2. The Hall–Kier alpha value is -3.13. The maximum Gasteiger partial charge on any atom is 0.261 e. The summed E-state index contributed by atoms with van der Waals surface area (Å²) >= 11 is 1.80. The zero-order valence-electron chi connectivity index (χ0n) is 36.7. The minimum absolute atomic E-state index is 0.00539. The van der Waals surface area contributed by atoms with Crippen molar-refractivity contribution in [3.05, 3.63) is 145 Å². The number of fused-ring (bicyclic) bond motifs is 4. The Morgan fingerprint density at radius 3 is 2.08 bits per heavy atom. The van der Waals surface area contributed by atoms with Gasteiger partial charge in [-0.15, -0.1) is 11.8 Å². The van der Waals surface area contributed by atoms with Crippen LogP contribution in [0, 0.1) is 0 Å². The molecule has 0 aliphatic carbocycles. The molecule has 8 nitrogen and oxygen atoms in total. The Morgan fingerprint density at radius 1 is 0.726 bits per heavy atom. The van der Waals surface area contributed by atoms with Crippen LogP contribution in [0.2, 0.25) is 5.04 Å². The van der Waals surface area contributed by atoms with Crippen molar-refractivity contribution in [2.75, 3.05) is 19.0 Å². The van der Waals surface area contributed by atoms with E-state index < -0.39 is 19.5 Å². The van der Waals surface area contributed by atoms with E-state index in [-0.39, 0.29) is 60.0 Å². The van der Waals surface area contributed by atoms with Crippen LogP contribution < -0.4 is 10.4 Å². The molecular formula is C52H64O8SSi. The van der Waals surface area contributed by atoms with E-state index in [0.717, 1.165) is 49.0 Å². The van der Waals surface area contributed by atoms with Crippen LogP contribution in [0.15, 0.2) is 133 Å². The summed E-state index contributed by atoms with van der Waals surface area (Å²) in [6, 6.07) is 42.4. The largest absolute Gasteiger partial charge is 0.407 e. The molecule has 5 aliphatic heterocycles. The molecule has 0 radical (unpaired) electrons. The maximum absolute atomic E-state index is 7.30. The Bertz CT molecular complexity index is 2000. The summed E-state index contributed by atoms with van der Waals surface area (Å²) in [6.07, 6.45) is 7.24. The van der Waals surface area contributed by atoms with Gasteiger partial charge in [0.05, 0.1) is 49.8 Å². The highest BCUT2D eigenvalue weighted by Gasteiger charge is 2.57. The molecule has 5 heterocycles. The molecule has 0 saturated carbocycles. The van der Waals surface area contributed by atoms with E-state index in [9.17, 15) is 0 Å². The number of thioether (sulfide) groups is 1. The topological polar surface area (TPSA) is 73.8 Å². The van der Waals surface area contributed by atoms with Gasteiger partial charge in [0, 0.05) is 31.4 Å². The fraction of sp³-hybridized carbons (Fsp3) is 0.500. The number of benzene rings is 4. The summed E-state index contributed by atoms with van der Waals surface area (Å²) in [6.45, 7) is 10.8. The van der Waals surface area contributed by atoms with Crippen molar-refractivity contribution in [1.82, 2.24) is 0 Å². The minimum Gasteiger partial charge on any atom is -0.407 e. The molecule has 1 unspecified atom stereocenters. The van der Waals surface area contributed by atoms with Gasteiger partial charge in [0.25, 0.3) is 8.32 Å². The second kappa shape index (κ2) is 19.5. The number of hydrogen-bond donors (Lipinski definition) is 0. The summed E-state index contributed by atoms with van der Waals surface area (Å²) < 4.78 is 55.5. The number of ether oxygens (including phenoxy) is 7. The lowest BCUT2D eigenvalue weighted by Crippen LogP contribution is -2.66. The zero-order valence-corrected chi connectivity index (χ0v) is 38.5. The van der Waals surface area contributed by atoms with Gasteiger partial charge in [-0.3, -0.25) is 0 Å². The molecular weight excluding hydrogens is 813 g/mol. The molecule has 5 aliphatic rings. The van der Waals surface area contributed by atoms with Gasteiger partial charge >= 0.3 is 0 Å². The maximum atomic E-state index is 7.30. The average molecular weight is 877 g/mol. The van der Waals surface area contributed by atoms with Gasteiger partial charge < -0.3 is 37.6 Å². The lowest BCUT2D eigenvalue weighted by Gasteiger charge is -2.56.